The van der Waals surface area contributed by atoms with Crippen molar-refractivity contribution in [2.75, 3.05) is 70.7 Å². The molecular weight excluding hydrogens is 1670 g/mol. The van der Waals surface area contributed by atoms with Crippen LogP contribution in [0.4, 0.5) is 38.4 Å². The third kappa shape index (κ3) is 1900. The third-order valence-corrected chi connectivity index (χ3v) is 1.65. The van der Waals surface area contributed by atoms with Crippen molar-refractivity contribution in [2.24, 2.45) is 11.5 Å². The topological polar surface area (TPSA) is 740 Å². The van der Waals surface area contributed by atoms with E-state index in [0.29, 0.717) is 42.6 Å². The van der Waals surface area contributed by atoms with Crippen molar-refractivity contribution in [3.63, 3.8) is 0 Å². The molecule has 440 valence electrons. The zero-order chi connectivity index (χ0) is 61.2. The fourth-order valence-corrected chi connectivity index (χ4v) is 0. The Bertz CT molecular complexity index is 1050. The predicted octanol–water partition coefficient (Wildman–Crippen LogP) is 5.61. The zero-order valence-electron chi connectivity index (χ0n) is 45.2. The van der Waals surface area contributed by atoms with E-state index in [2.05, 4.69) is 51.7 Å². The molecule has 0 aromatic carbocycles. The molecule has 16 N–H and O–H groups in total. The number of urea groups is 4. The quantitative estimate of drug-likeness (QED) is 0.0743. The summed E-state index contributed by atoms with van der Waals surface area (Å²) in [6, 6.07) is -2.98. The Balaban J connectivity index is -0.0000000130. The first-order chi connectivity index (χ1) is 32.1. The van der Waals surface area contributed by atoms with Gasteiger partial charge in [-0.05, 0) is 56.7 Å². The molecule has 0 fully saturated rings. The second-order valence-corrected chi connectivity index (χ2v) is 4.92. The maximum absolute atomic E-state index is 9.37. The summed E-state index contributed by atoms with van der Waals surface area (Å²) >= 11 is 0. The first kappa shape index (κ1) is 185. The monoisotopic (exact) mass is 1730 g/mol. The minimum atomic E-state index is -0.995. The molecule has 40 nitrogen and oxygen atoms in total. The fraction of sp³-hybridized carbons (Fsp3) is 0.467. The van der Waals surface area contributed by atoms with Gasteiger partial charge in [0.25, 0.3) is 0 Å². The van der Waals surface area contributed by atoms with Crippen molar-refractivity contribution >= 4 is 91.1 Å². The minimum absolute atomic E-state index is 0. The summed E-state index contributed by atoms with van der Waals surface area (Å²) < 4.78 is 15.1. The first-order valence-corrected chi connectivity index (χ1v) is 15.2. The second-order valence-electron chi connectivity index (χ2n) is 4.92. The number of carbonyl (C=O) groups excluding carboxylic acids is 15. The number of amides is 12. The molecule has 0 aliphatic rings. The number of nitrogens with one attached hydrogen (secondary N) is 12. The van der Waals surface area contributed by atoms with E-state index in [9.17, 15) is 38.4 Å². The van der Waals surface area contributed by atoms with Crippen molar-refractivity contribution in [3.8, 4) is 0 Å². The summed E-state index contributed by atoms with van der Waals surface area (Å²) in [7, 11) is 13.3. The van der Waals surface area contributed by atoms with Crippen LogP contribution in [0.15, 0.2) is 0 Å². The summed E-state index contributed by atoms with van der Waals surface area (Å²) in [5.41, 5.74) is 57.2. The predicted molar refractivity (Wildman–Crippen MR) is 255 cm³/mol. The molecule has 0 aromatic rings. The van der Waals surface area contributed by atoms with Crippen LogP contribution in [0.2, 0.25) is 0 Å². The molecule has 0 bridgehead atoms. The molecule has 0 aliphatic carbocycles. The molecule has 0 unspecified atom stereocenters. The number of methoxy groups -OCH3 is 4. The van der Waals surface area contributed by atoms with E-state index in [4.69, 9.17) is 117 Å². The zero-order valence-corrected chi connectivity index (χ0v) is 67.9. The number of hydrogen-bond acceptors (Lipinski definition) is 21. The molecule has 0 rings (SSSR count). The summed E-state index contributed by atoms with van der Waals surface area (Å²) in [6.07, 6.45) is -0.481. The summed E-state index contributed by atoms with van der Waals surface area (Å²) in [5, 5.41) is 55.6. The Morgan fingerprint density at radius 1 is 0.308 bits per heavy atom. The van der Waals surface area contributed by atoms with Gasteiger partial charge in [0.15, 0.2) is 0 Å². The van der Waals surface area contributed by atoms with Crippen molar-refractivity contribution in [1.29, 1.82) is 0 Å². The van der Waals surface area contributed by atoms with E-state index >= 15 is 0 Å². The molecule has 0 saturated heterocycles. The van der Waals surface area contributed by atoms with Gasteiger partial charge in [0, 0.05) is 262 Å². The molecule has 48 heteroatoms. The Kier molecular flexibility index (Phi) is 707. The SMILES string of the molecule is CC.CC.CN.CN.CNC([NH-])=O.CNC([NH-])=O.CNC([NH-])=O.CNC([NH-])=O.COC([NH-])=O.COC([NH-])=O.COC([NH-])=O.COC([NH-])=O.[CH3-].[N-]=C=O.[N-]=C=O.[N-]=C=O.[N-]=C=O.[N-]=C=O.[N-]=C=O.[N-]=C=O.[Y].[Y].[Y].[Y].[Y].[Y].[Y].[Y]. The molecule has 0 heterocycles. The number of carbonyl (C=O) groups is 8. The Morgan fingerprint density at radius 3 is 0.333 bits per heavy atom. The van der Waals surface area contributed by atoms with E-state index in [1.54, 1.807) is 0 Å². The van der Waals surface area contributed by atoms with Crippen molar-refractivity contribution in [3.05, 3.63) is 91.2 Å². The van der Waals surface area contributed by atoms with Gasteiger partial charge >= 0.3 is 0 Å². The van der Waals surface area contributed by atoms with Gasteiger partial charge in [-0.1, -0.05) is 55.9 Å². The summed E-state index contributed by atoms with van der Waals surface area (Å²) in [6.45, 7) is 8.00. The molecule has 78 heavy (non-hydrogen) atoms. The fourth-order valence-electron chi connectivity index (χ4n) is 0. The summed E-state index contributed by atoms with van der Waals surface area (Å²) in [4.78, 5) is 132. The average Bonchev–Trinajstić information content (AvgIpc) is 3.32. The van der Waals surface area contributed by atoms with Crippen LogP contribution in [-0.2, 0) is 314 Å². The molecule has 8 radical (unpaired) electrons. The number of ether oxygens (including phenoxy) is 4. The molecule has 12 amide bonds. The largest absolute Gasteiger partial charge is 0.724 e. The Labute approximate surface area is 655 Å². The smallest absolute Gasteiger partial charge is 0.226 e. The van der Waals surface area contributed by atoms with E-state index < -0.39 is 48.5 Å². The number of hydrogen-bond donors (Lipinski definition) is 6. The maximum Gasteiger partial charge on any atom is 0.226 e. The van der Waals surface area contributed by atoms with Crippen molar-refractivity contribution < 1.29 is 353 Å². The second kappa shape index (κ2) is 298. The van der Waals surface area contributed by atoms with Gasteiger partial charge in [0.2, 0.25) is 24.4 Å². The van der Waals surface area contributed by atoms with Gasteiger partial charge in [-0.25, -0.2) is 0 Å². The molecule has 0 atom stereocenters. The standard InChI is InChI=1S/4C2H6N2O.4C2H5NO2.2C2H6.7CNO.2CH5N.CH3.8Y/c4*1-4-2(3)5;4*1-5-2(3)4;2*1-2;7*2-1-3;2*1-2;;;;;;;;;/h4*1H3,(H3,3,4,5);4*1H3,(H2,3,4);2*1-2H3;;;;;;;;2*2H2,1H3;1H3;;;;;;;;/q;;;;;;;;;;7*-1;;;-1;;;;;;;;/p-8. The molecule has 0 spiro atoms. The Morgan fingerprint density at radius 2 is 0.333 bits per heavy atom. The van der Waals surface area contributed by atoms with E-state index in [0.717, 1.165) is 28.4 Å². The summed E-state index contributed by atoms with van der Waals surface area (Å²) in [5.74, 6) is 0. The number of nitrogens with zero attached hydrogens (tertiary/aromatic N) is 7. The van der Waals surface area contributed by atoms with Crippen LogP contribution in [0.3, 0.4) is 0 Å². The van der Waals surface area contributed by atoms with E-state index in [1.807, 2.05) is 27.7 Å². The molecule has 0 aromatic heterocycles. The van der Waals surface area contributed by atoms with Crippen molar-refractivity contribution in [2.45, 2.75) is 27.7 Å². The van der Waals surface area contributed by atoms with Crippen LogP contribution in [0.5, 0.6) is 0 Å². The van der Waals surface area contributed by atoms with Crippen LogP contribution >= 0.6 is 0 Å². The Hall–Kier alpha value is -1.43. The third-order valence-electron chi connectivity index (χ3n) is 1.65. The van der Waals surface area contributed by atoms with Gasteiger partial charge in [0.1, 0.15) is 24.1 Å². The van der Waals surface area contributed by atoms with Crippen LogP contribution < -0.4 is 32.7 Å². The maximum atomic E-state index is 9.37. The molecule has 0 saturated carbocycles. The van der Waals surface area contributed by atoms with E-state index in [1.165, 1.54) is 42.3 Å². The number of rotatable bonds is 0. The van der Waals surface area contributed by atoms with Gasteiger partial charge in [-0.15, -0.1) is 0 Å². The van der Waals surface area contributed by atoms with Gasteiger partial charge in [-0.2, -0.15) is 0 Å². The van der Waals surface area contributed by atoms with Crippen LogP contribution in [-0.4, -0.2) is 162 Å². The van der Waals surface area contributed by atoms with Crippen LogP contribution in [0, 0.1) is 7.43 Å². The van der Waals surface area contributed by atoms with Gasteiger partial charge < -0.3 is 143 Å². The normalized spacial score (nSPS) is 4.41. The van der Waals surface area contributed by atoms with Crippen LogP contribution in [0.25, 0.3) is 83.7 Å². The van der Waals surface area contributed by atoms with Gasteiger partial charge in [0.05, 0.1) is 28.4 Å². The molecule has 0 aliphatic heterocycles. The van der Waals surface area contributed by atoms with E-state index in [-0.39, 0.29) is 269 Å². The average molecular weight is 1730 g/mol. The van der Waals surface area contributed by atoms with Gasteiger partial charge in [-0.3, -0.25) is 71.9 Å². The van der Waals surface area contributed by atoms with Crippen LogP contribution in [0.1, 0.15) is 27.7 Å². The van der Waals surface area contributed by atoms with Crippen molar-refractivity contribution in [1.82, 2.24) is 21.3 Å². The number of isocyanates is 7. The molecular formula is C30H61N21O19Y8-16. The number of nitrogens with two attached hydrogens (primary N) is 2. The first-order valence-electron chi connectivity index (χ1n) is 15.2. The minimum Gasteiger partial charge on any atom is -0.724 e.